The number of hydrogen-bond donors (Lipinski definition) is 3. The number of rotatable bonds is 13. The Bertz CT molecular complexity index is 555. The van der Waals surface area contributed by atoms with Gasteiger partial charge in [-0.2, -0.15) is 0 Å². The molecule has 7 nitrogen and oxygen atoms in total. The van der Waals surface area contributed by atoms with Crippen LogP contribution in [-0.2, 0) is 14.6 Å². The lowest BCUT2D eigenvalue weighted by Gasteiger charge is -2.13. The average Bonchev–Trinajstić information content (AvgIpc) is 2.97. The number of amides is 1. The fraction of sp³-hybridized carbons (Fsp3) is 0.895. The summed E-state index contributed by atoms with van der Waals surface area (Å²) in [5, 5.41) is 9.18. The molecule has 0 aromatic rings. The molecule has 1 aliphatic rings. The van der Waals surface area contributed by atoms with E-state index in [0.29, 0.717) is 25.3 Å². The van der Waals surface area contributed by atoms with E-state index in [0.717, 1.165) is 13.0 Å². The highest BCUT2D eigenvalue weighted by molar-refractivity contribution is 14.0. The molecule has 28 heavy (non-hydrogen) atoms. The first-order chi connectivity index (χ1) is 13.0. The van der Waals surface area contributed by atoms with Gasteiger partial charge in [0.05, 0.1) is 11.5 Å². The second-order valence-electron chi connectivity index (χ2n) is 7.32. The van der Waals surface area contributed by atoms with Crippen molar-refractivity contribution in [1.29, 1.82) is 0 Å². The zero-order chi connectivity index (χ0) is 20.0. The van der Waals surface area contributed by atoms with Crippen molar-refractivity contribution < 1.29 is 13.2 Å². The highest BCUT2D eigenvalue weighted by Gasteiger charge is 2.28. The topological polar surface area (TPSA) is 99.7 Å². The molecule has 0 aromatic carbocycles. The van der Waals surface area contributed by atoms with Gasteiger partial charge in [0.2, 0.25) is 5.91 Å². The summed E-state index contributed by atoms with van der Waals surface area (Å²) in [5.41, 5.74) is 0. The molecule has 1 aliphatic heterocycles. The molecule has 1 saturated heterocycles. The number of unbranched alkanes of at least 4 members (excludes halogenated alkanes) is 7. The number of halogens is 1. The average molecular weight is 531 g/mol. The van der Waals surface area contributed by atoms with Gasteiger partial charge >= 0.3 is 0 Å². The summed E-state index contributed by atoms with van der Waals surface area (Å²) < 4.78 is 22.8. The van der Waals surface area contributed by atoms with E-state index in [9.17, 15) is 13.2 Å². The molecular weight excluding hydrogens is 491 g/mol. The standard InChI is InChI=1S/C19H38N4O3S.HI/c1-3-4-5-6-7-8-9-10-13-21-19(20-2)22-14-11-18(24)23-17-12-15-27(25,26)16-17;/h17H,3-16H2,1-2H3,(H,23,24)(H2,20,21,22);1H. The summed E-state index contributed by atoms with van der Waals surface area (Å²) in [6, 6.07) is -0.234. The van der Waals surface area contributed by atoms with Crippen LogP contribution < -0.4 is 16.0 Å². The first kappa shape index (κ1) is 27.4. The molecule has 0 aliphatic carbocycles. The van der Waals surface area contributed by atoms with E-state index in [4.69, 9.17) is 0 Å². The molecule has 1 unspecified atom stereocenters. The second-order valence-corrected chi connectivity index (χ2v) is 9.55. The lowest BCUT2D eigenvalue weighted by atomic mass is 10.1. The molecule has 0 spiro atoms. The van der Waals surface area contributed by atoms with Crippen LogP contribution in [-0.4, -0.2) is 58.0 Å². The lowest BCUT2D eigenvalue weighted by Crippen LogP contribution is -2.41. The Morgan fingerprint density at radius 1 is 1.00 bits per heavy atom. The smallest absolute Gasteiger partial charge is 0.222 e. The largest absolute Gasteiger partial charge is 0.356 e. The highest BCUT2D eigenvalue weighted by Crippen LogP contribution is 2.11. The fourth-order valence-corrected chi connectivity index (χ4v) is 4.86. The normalized spacial score (nSPS) is 18.4. The van der Waals surface area contributed by atoms with Crippen molar-refractivity contribution in [3.05, 3.63) is 0 Å². The molecule has 1 rings (SSSR count). The van der Waals surface area contributed by atoms with Gasteiger partial charge in [0.25, 0.3) is 0 Å². The number of hydrogen-bond acceptors (Lipinski definition) is 4. The van der Waals surface area contributed by atoms with Gasteiger partial charge in [0.1, 0.15) is 0 Å². The van der Waals surface area contributed by atoms with Crippen LogP contribution >= 0.6 is 24.0 Å². The molecule has 166 valence electrons. The first-order valence-corrected chi connectivity index (χ1v) is 12.2. The third-order valence-corrected chi connectivity index (χ3v) is 6.56. The Labute approximate surface area is 188 Å². The number of carbonyl (C=O) groups is 1. The van der Waals surface area contributed by atoms with Gasteiger partial charge in [-0.3, -0.25) is 9.79 Å². The van der Waals surface area contributed by atoms with E-state index >= 15 is 0 Å². The maximum Gasteiger partial charge on any atom is 0.222 e. The Hall–Kier alpha value is -0.580. The summed E-state index contributed by atoms with van der Waals surface area (Å²) >= 11 is 0. The van der Waals surface area contributed by atoms with Gasteiger partial charge in [-0.05, 0) is 12.8 Å². The molecule has 3 N–H and O–H groups in total. The van der Waals surface area contributed by atoms with Crippen molar-refractivity contribution in [2.45, 2.75) is 77.2 Å². The molecule has 0 aromatic heterocycles. The van der Waals surface area contributed by atoms with Crippen LogP contribution in [0.1, 0.15) is 71.1 Å². The van der Waals surface area contributed by atoms with Crippen LogP contribution in [0, 0.1) is 0 Å². The number of carbonyl (C=O) groups excluding carboxylic acids is 1. The number of nitrogens with zero attached hydrogens (tertiary/aromatic N) is 1. The van der Waals surface area contributed by atoms with Crippen LogP contribution in [0.2, 0.25) is 0 Å². The summed E-state index contributed by atoms with van der Waals surface area (Å²) in [7, 11) is -1.25. The zero-order valence-corrected chi connectivity index (χ0v) is 20.6. The third kappa shape index (κ3) is 13.6. The molecule has 0 saturated carbocycles. The van der Waals surface area contributed by atoms with Crippen LogP contribution in [0.5, 0.6) is 0 Å². The van der Waals surface area contributed by atoms with Crippen LogP contribution in [0.25, 0.3) is 0 Å². The van der Waals surface area contributed by atoms with Crippen molar-refractivity contribution in [3.8, 4) is 0 Å². The predicted molar refractivity (Wildman–Crippen MR) is 127 cm³/mol. The van der Waals surface area contributed by atoms with Crippen molar-refractivity contribution >= 4 is 45.7 Å². The maximum absolute atomic E-state index is 11.9. The molecule has 9 heteroatoms. The Balaban J connectivity index is 0.00000729. The van der Waals surface area contributed by atoms with Crippen LogP contribution in [0.4, 0.5) is 0 Å². The summed E-state index contributed by atoms with van der Waals surface area (Å²) in [6.45, 7) is 3.59. The van der Waals surface area contributed by atoms with Gasteiger partial charge in [0.15, 0.2) is 15.8 Å². The summed E-state index contributed by atoms with van der Waals surface area (Å²) in [4.78, 5) is 16.1. The molecule has 1 heterocycles. The van der Waals surface area contributed by atoms with Gasteiger partial charge in [-0.15, -0.1) is 24.0 Å². The minimum absolute atomic E-state index is 0. The minimum atomic E-state index is -2.96. The zero-order valence-electron chi connectivity index (χ0n) is 17.5. The van der Waals surface area contributed by atoms with Gasteiger partial charge in [-0.1, -0.05) is 51.9 Å². The summed E-state index contributed by atoms with van der Waals surface area (Å²) in [5.74, 6) is 0.816. The Morgan fingerprint density at radius 2 is 1.61 bits per heavy atom. The quantitative estimate of drug-likeness (QED) is 0.147. The van der Waals surface area contributed by atoms with E-state index in [-0.39, 0.29) is 47.4 Å². The second kappa shape index (κ2) is 16.2. The summed E-state index contributed by atoms with van der Waals surface area (Å²) in [6.07, 6.45) is 11.1. The Kier molecular flexibility index (Phi) is 15.9. The fourth-order valence-electron chi connectivity index (χ4n) is 3.19. The van der Waals surface area contributed by atoms with Gasteiger partial charge in [0, 0.05) is 32.6 Å². The minimum Gasteiger partial charge on any atom is -0.356 e. The predicted octanol–water partition coefficient (Wildman–Crippen LogP) is 2.60. The maximum atomic E-state index is 11.9. The van der Waals surface area contributed by atoms with E-state index in [1.165, 1.54) is 44.9 Å². The third-order valence-electron chi connectivity index (χ3n) is 4.79. The van der Waals surface area contributed by atoms with E-state index < -0.39 is 9.84 Å². The lowest BCUT2D eigenvalue weighted by molar-refractivity contribution is -0.121. The van der Waals surface area contributed by atoms with E-state index in [2.05, 4.69) is 27.9 Å². The monoisotopic (exact) mass is 530 g/mol. The van der Waals surface area contributed by atoms with Crippen molar-refractivity contribution in [3.63, 3.8) is 0 Å². The molecule has 0 radical (unpaired) electrons. The Morgan fingerprint density at radius 3 is 2.18 bits per heavy atom. The van der Waals surface area contributed by atoms with Gasteiger partial charge < -0.3 is 16.0 Å². The van der Waals surface area contributed by atoms with E-state index in [1.54, 1.807) is 7.05 Å². The van der Waals surface area contributed by atoms with Crippen molar-refractivity contribution in [2.24, 2.45) is 4.99 Å². The van der Waals surface area contributed by atoms with Crippen LogP contribution in [0.15, 0.2) is 4.99 Å². The first-order valence-electron chi connectivity index (χ1n) is 10.4. The highest BCUT2D eigenvalue weighted by atomic mass is 127. The van der Waals surface area contributed by atoms with E-state index in [1.807, 2.05) is 0 Å². The molecular formula is C19H39IN4O3S. The molecule has 0 bridgehead atoms. The molecule has 1 fully saturated rings. The number of nitrogens with one attached hydrogen (secondary N) is 3. The number of aliphatic imine (C=N–C) groups is 1. The number of sulfone groups is 1. The van der Waals surface area contributed by atoms with Crippen molar-refractivity contribution in [2.75, 3.05) is 31.6 Å². The van der Waals surface area contributed by atoms with Gasteiger partial charge in [-0.25, -0.2) is 8.42 Å². The molecule has 1 amide bonds. The number of guanidine groups is 1. The molecule has 1 atom stereocenters. The van der Waals surface area contributed by atoms with Crippen LogP contribution in [0.3, 0.4) is 0 Å². The van der Waals surface area contributed by atoms with Crippen molar-refractivity contribution in [1.82, 2.24) is 16.0 Å². The SMILES string of the molecule is CCCCCCCCCCNC(=NC)NCCC(=O)NC1CCS(=O)(=O)C1.I.